The molecule has 1 amide bonds. The van der Waals surface area contributed by atoms with E-state index in [0.29, 0.717) is 5.69 Å². The van der Waals surface area contributed by atoms with Crippen LogP contribution in [0.1, 0.15) is 12.5 Å². The molecule has 4 N–H and O–H groups in total. The molecule has 8 heteroatoms. The van der Waals surface area contributed by atoms with Crippen molar-refractivity contribution in [2.45, 2.75) is 6.92 Å². The number of carboxylic acids is 1. The van der Waals surface area contributed by atoms with Gasteiger partial charge in [0, 0.05) is 23.8 Å². The maximum atomic E-state index is 11.5. The number of nitrogens with zero attached hydrogens (tertiary/aromatic N) is 1. The molecule has 0 bridgehead atoms. The third-order valence-electron chi connectivity index (χ3n) is 3.19. The second-order valence-electron chi connectivity index (χ2n) is 4.89. The van der Waals surface area contributed by atoms with Gasteiger partial charge in [-0.15, -0.1) is 0 Å². The van der Waals surface area contributed by atoms with Gasteiger partial charge in [0.1, 0.15) is 0 Å². The standard InChI is InChI=1S/C17H16N2O6/c1-2-25-17(24)18-12-6-8-19(9-7-12)13(16(22)23)10-11-4-3-5-14(20)15(11)21/h3-10H,2H2,1H3,(H3,20,21,22,23)/p+1/b13-10+. The zero-order chi connectivity index (χ0) is 18.4. The Labute approximate surface area is 143 Å². The van der Waals surface area contributed by atoms with Crippen molar-refractivity contribution in [3.05, 3.63) is 48.3 Å². The van der Waals surface area contributed by atoms with E-state index in [1.807, 2.05) is 0 Å². The number of rotatable bonds is 5. The van der Waals surface area contributed by atoms with Crippen molar-refractivity contribution >= 4 is 29.5 Å². The molecule has 2 aromatic rings. The number of nitrogens with one attached hydrogen (secondary N) is 1. The Kier molecular flexibility index (Phi) is 5.57. The van der Waals surface area contributed by atoms with Crippen molar-refractivity contribution in [2.75, 3.05) is 11.9 Å². The lowest BCUT2D eigenvalue weighted by Gasteiger charge is -2.05. The van der Waals surface area contributed by atoms with Gasteiger partial charge in [-0.2, -0.15) is 4.57 Å². The number of para-hydroxylation sites is 1. The number of carbonyl (C=O) groups excluding carboxylic acids is 1. The first-order chi connectivity index (χ1) is 11.9. The number of pyridine rings is 1. The van der Waals surface area contributed by atoms with Crippen LogP contribution in [0.2, 0.25) is 0 Å². The summed E-state index contributed by atoms with van der Waals surface area (Å²) in [6, 6.07) is 7.23. The number of ether oxygens (including phenoxy) is 1. The van der Waals surface area contributed by atoms with Crippen molar-refractivity contribution in [3.63, 3.8) is 0 Å². The van der Waals surface area contributed by atoms with E-state index in [1.54, 1.807) is 6.92 Å². The smallest absolute Gasteiger partial charge is 0.411 e. The van der Waals surface area contributed by atoms with Crippen molar-refractivity contribution in [3.8, 4) is 11.5 Å². The van der Waals surface area contributed by atoms with Crippen LogP contribution >= 0.6 is 0 Å². The zero-order valence-corrected chi connectivity index (χ0v) is 13.3. The summed E-state index contributed by atoms with van der Waals surface area (Å²) in [5, 5.41) is 31.2. The van der Waals surface area contributed by atoms with Crippen molar-refractivity contribution in [1.29, 1.82) is 0 Å². The van der Waals surface area contributed by atoms with Gasteiger partial charge in [-0.25, -0.2) is 9.59 Å². The summed E-state index contributed by atoms with van der Waals surface area (Å²) in [7, 11) is 0. The fourth-order valence-corrected chi connectivity index (χ4v) is 2.01. The Balaban J connectivity index is 2.32. The van der Waals surface area contributed by atoms with E-state index in [-0.39, 0.29) is 23.6 Å². The first-order valence-electron chi connectivity index (χ1n) is 7.33. The quantitative estimate of drug-likeness (QED) is 0.374. The number of hydrogen-bond donors (Lipinski definition) is 4. The molecule has 1 aromatic carbocycles. The molecule has 25 heavy (non-hydrogen) atoms. The molecular weight excluding hydrogens is 328 g/mol. The van der Waals surface area contributed by atoms with Crippen LogP contribution < -0.4 is 9.88 Å². The number of amides is 1. The van der Waals surface area contributed by atoms with Gasteiger partial charge >= 0.3 is 12.1 Å². The van der Waals surface area contributed by atoms with Gasteiger partial charge in [-0.1, -0.05) is 12.1 Å². The number of carboxylic acid groups (broad SMARTS) is 1. The Morgan fingerprint density at radius 3 is 2.48 bits per heavy atom. The third kappa shape index (κ3) is 4.47. The molecule has 0 unspecified atom stereocenters. The highest BCUT2D eigenvalue weighted by Gasteiger charge is 2.20. The number of aromatic hydroxyl groups is 2. The average Bonchev–Trinajstić information content (AvgIpc) is 2.57. The maximum absolute atomic E-state index is 11.5. The number of carbonyl (C=O) groups is 2. The number of anilines is 1. The molecule has 0 atom stereocenters. The minimum absolute atomic E-state index is 0.152. The summed E-state index contributed by atoms with van der Waals surface area (Å²) in [5.74, 6) is -2.00. The van der Waals surface area contributed by atoms with Crippen molar-refractivity contribution in [2.24, 2.45) is 0 Å². The lowest BCUT2D eigenvalue weighted by atomic mass is 10.1. The molecular formula is C17H17N2O6+. The van der Waals surface area contributed by atoms with E-state index >= 15 is 0 Å². The fraction of sp³-hybridized carbons (Fsp3) is 0.118. The summed E-state index contributed by atoms with van der Waals surface area (Å²) >= 11 is 0. The minimum atomic E-state index is -1.24. The second-order valence-corrected chi connectivity index (χ2v) is 4.89. The molecule has 1 heterocycles. The molecule has 0 spiro atoms. The third-order valence-corrected chi connectivity index (χ3v) is 3.19. The van der Waals surface area contributed by atoms with Gasteiger partial charge in [-0.05, 0) is 13.0 Å². The highest BCUT2D eigenvalue weighted by Crippen LogP contribution is 2.29. The lowest BCUT2D eigenvalue weighted by Crippen LogP contribution is -2.35. The van der Waals surface area contributed by atoms with Gasteiger partial charge in [0.05, 0.1) is 12.3 Å². The average molecular weight is 345 g/mol. The first-order valence-corrected chi connectivity index (χ1v) is 7.33. The van der Waals surface area contributed by atoms with Crippen LogP contribution in [-0.4, -0.2) is 34.0 Å². The summed E-state index contributed by atoms with van der Waals surface area (Å²) in [6.07, 6.45) is 3.47. The number of phenolic OH excluding ortho intramolecular Hbond substituents is 2. The summed E-state index contributed by atoms with van der Waals surface area (Å²) in [6.45, 7) is 1.91. The number of benzene rings is 1. The molecule has 0 saturated heterocycles. The van der Waals surface area contributed by atoms with E-state index in [4.69, 9.17) is 4.74 Å². The predicted octanol–water partition coefficient (Wildman–Crippen LogP) is 2.04. The van der Waals surface area contributed by atoms with E-state index in [1.165, 1.54) is 53.4 Å². The lowest BCUT2D eigenvalue weighted by molar-refractivity contribution is -0.577. The SMILES string of the molecule is CCOC(=O)Nc1cc[n+](/C(=C/c2cccc(O)c2O)C(=O)O)cc1. The number of aromatic nitrogens is 1. The van der Waals surface area contributed by atoms with E-state index in [9.17, 15) is 24.9 Å². The molecule has 130 valence electrons. The van der Waals surface area contributed by atoms with E-state index < -0.39 is 17.8 Å². The molecule has 0 aliphatic rings. The van der Waals surface area contributed by atoms with Crippen LogP contribution in [0, 0.1) is 0 Å². The van der Waals surface area contributed by atoms with Crippen molar-refractivity contribution < 1.29 is 34.2 Å². The van der Waals surface area contributed by atoms with Crippen LogP contribution in [0.4, 0.5) is 10.5 Å². The predicted molar refractivity (Wildman–Crippen MR) is 88.9 cm³/mol. The number of phenols is 2. The van der Waals surface area contributed by atoms with Gasteiger partial charge in [-0.3, -0.25) is 5.32 Å². The summed E-state index contributed by atoms with van der Waals surface area (Å²) in [5.41, 5.74) is 0.418. The van der Waals surface area contributed by atoms with Gasteiger partial charge in [0.15, 0.2) is 23.9 Å². The molecule has 0 aliphatic carbocycles. The van der Waals surface area contributed by atoms with Gasteiger partial charge in [0.25, 0.3) is 5.70 Å². The molecule has 1 aromatic heterocycles. The van der Waals surface area contributed by atoms with Gasteiger partial charge < -0.3 is 20.1 Å². The van der Waals surface area contributed by atoms with Crippen LogP contribution in [0.5, 0.6) is 11.5 Å². The molecule has 0 saturated carbocycles. The maximum Gasteiger partial charge on any atom is 0.411 e. The van der Waals surface area contributed by atoms with Crippen LogP contribution in [0.15, 0.2) is 42.7 Å². The first kappa shape index (κ1) is 17.8. The molecule has 8 nitrogen and oxygen atoms in total. The topological polar surface area (TPSA) is 120 Å². The van der Waals surface area contributed by atoms with Crippen LogP contribution in [0.3, 0.4) is 0 Å². The van der Waals surface area contributed by atoms with E-state index in [2.05, 4.69) is 5.32 Å². The fourth-order valence-electron chi connectivity index (χ4n) is 2.01. The van der Waals surface area contributed by atoms with Gasteiger partial charge in [0.2, 0.25) is 0 Å². The summed E-state index contributed by atoms with van der Waals surface area (Å²) in [4.78, 5) is 22.9. The highest BCUT2D eigenvalue weighted by atomic mass is 16.5. The highest BCUT2D eigenvalue weighted by molar-refractivity contribution is 6.10. The summed E-state index contributed by atoms with van der Waals surface area (Å²) < 4.78 is 6.05. The molecule has 0 radical (unpaired) electrons. The Morgan fingerprint density at radius 2 is 1.88 bits per heavy atom. The number of aliphatic carboxylic acids is 1. The minimum Gasteiger partial charge on any atom is -0.504 e. The largest absolute Gasteiger partial charge is 0.504 e. The van der Waals surface area contributed by atoms with Crippen molar-refractivity contribution in [1.82, 2.24) is 0 Å². The Morgan fingerprint density at radius 1 is 1.20 bits per heavy atom. The normalized spacial score (nSPS) is 11.0. The monoisotopic (exact) mass is 345 g/mol. The molecule has 2 rings (SSSR count). The molecule has 0 aliphatic heterocycles. The van der Waals surface area contributed by atoms with Crippen LogP contribution in [0.25, 0.3) is 11.8 Å². The Hall–Kier alpha value is -3.55. The molecule has 0 fully saturated rings. The zero-order valence-electron chi connectivity index (χ0n) is 13.3. The number of hydrogen-bond acceptors (Lipinski definition) is 5. The Bertz CT molecular complexity index is 814. The van der Waals surface area contributed by atoms with Crippen LogP contribution in [-0.2, 0) is 9.53 Å². The van der Waals surface area contributed by atoms with E-state index in [0.717, 1.165) is 0 Å². The second kappa shape index (κ2) is 7.82.